The standard InChI is InChI=1S/C15H21FN2/c1-10(2)4-5-11(3)18-9-12-6-7-13(16)8-14(12)15(18)17/h6-8,10-11,17H,4-5,9H2,1-3H3. The van der Waals surface area contributed by atoms with Crippen LogP contribution in [0.3, 0.4) is 0 Å². The van der Waals surface area contributed by atoms with Gasteiger partial charge in [-0.25, -0.2) is 4.39 Å². The number of fused-ring (bicyclic) bond motifs is 1. The summed E-state index contributed by atoms with van der Waals surface area (Å²) in [6.45, 7) is 7.32. The number of amidine groups is 1. The normalized spacial score (nSPS) is 16.3. The minimum atomic E-state index is -0.254. The monoisotopic (exact) mass is 248 g/mol. The summed E-state index contributed by atoms with van der Waals surface area (Å²) in [6.07, 6.45) is 2.24. The molecule has 0 aliphatic carbocycles. The molecule has 1 aromatic carbocycles. The van der Waals surface area contributed by atoms with Gasteiger partial charge in [0.2, 0.25) is 0 Å². The number of nitrogens with zero attached hydrogens (tertiary/aromatic N) is 1. The minimum absolute atomic E-state index is 0.254. The first kappa shape index (κ1) is 13.1. The van der Waals surface area contributed by atoms with Gasteiger partial charge in [0, 0.05) is 18.2 Å². The van der Waals surface area contributed by atoms with Crippen molar-refractivity contribution in [3.05, 3.63) is 35.1 Å². The van der Waals surface area contributed by atoms with Gasteiger partial charge in [-0.2, -0.15) is 0 Å². The Morgan fingerprint density at radius 3 is 2.67 bits per heavy atom. The van der Waals surface area contributed by atoms with Crippen molar-refractivity contribution < 1.29 is 4.39 Å². The first-order valence-electron chi connectivity index (χ1n) is 6.63. The summed E-state index contributed by atoms with van der Waals surface area (Å²) in [7, 11) is 0. The third-order valence-corrected chi connectivity index (χ3v) is 3.65. The molecule has 0 amide bonds. The van der Waals surface area contributed by atoms with Gasteiger partial charge < -0.3 is 4.90 Å². The molecule has 0 fully saturated rings. The molecule has 0 saturated carbocycles. The van der Waals surface area contributed by atoms with E-state index in [-0.39, 0.29) is 5.82 Å². The van der Waals surface area contributed by atoms with Crippen LogP contribution in [0, 0.1) is 17.1 Å². The zero-order valence-electron chi connectivity index (χ0n) is 11.3. The topological polar surface area (TPSA) is 27.1 Å². The molecule has 98 valence electrons. The quantitative estimate of drug-likeness (QED) is 0.862. The molecule has 2 rings (SSSR count). The van der Waals surface area contributed by atoms with E-state index in [0.29, 0.717) is 17.8 Å². The molecule has 18 heavy (non-hydrogen) atoms. The first-order chi connectivity index (χ1) is 8.49. The Hall–Kier alpha value is -1.38. The SMILES string of the molecule is CC(C)CCC(C)N1Cc2ccc(F)cc2C1=N. The highest BCUT2D eigenvalue weighted by molar-refractivity contribution is 6.00. The largest absolute Gasteiger partial charge is 0.350 e. The van der Waals surface area contributed by atoms with Crippen molar-refractivity contribution in [2.75, 3.05) is 0 Å². The Labute approximate surface area is 108 Å². The van der Waals surface area contributed by atoms with E-state index < -0.39 is 0 Å². The Morgan fingerprint density at radius 2 is 2.00 bits per heavy atom. The number of benzene rings is 1. The van der Waals surface area contributed by atoms with E-state index in [9.17, 15) is 4.39 Å². The fourth-order valence-electron chi connectivity index (χ4n) is 2.43. The highest BCUT2D eigenvalue weighted by Crippen LogP contribution is 2.27. The number of hydrogen-bond acceptors (Lipinski definition) is 1. The average molecular weight is 248 g/mol. The van der Waals surface area contributed by atoms with Crippen LogP contribution in [0.2, 0.25) is 0 Å². The maximum absolute atomic E-state index is 13.2. The van der Waals surface area contributed by atoms with Gasteiger partial charge in [-0.3, -0.25) is 5.41 Å². The molecule has 0 aromatic heterocycles. The van der Waals surface area contributed by atoms with Gasteiger partial charge in [-0.15, -0.1) is 0 Å². The maximum Gasteiger partial charge on any atom is 0.129 e. The summed E-state index contributed by atoms with van der Waals surface area (Å²) in [4.78, 5) is 2.08. The predicted molar refractivity (Wildman–Crippen MR) is 72.3 cm³/mol. The molecule has 1 N–H and O–H groups in total. The second-order valence-corrected chi connectivity index (χ2v) is 5.60. The van der Waals surface area contributed by atoms with Crippen molar-refractivity contribution in [3.8, 4) is 0 Å². The second-order valence-electron chi connectivity index (χ2n) is 5.60. The first-order valence-corrected chi connectivity index (χ1v) is 6.63. The summed E-state index contributed by atoms with van der Waals surface area (Å²) in [5.74, 6) is 0.903. The lowest BCUT2D eigenvalue weighted by atomic mass is 10.0. The van der Waals surface area contributed by atoms with E-state index in [4.69, 9.17) is 5.41 Å². The van der Waals surface area contributed by atoms with E-state index in [1.165, 1.54) is 12.1 Å². The van der Waals surface area contributed by atoms with Gasteiger partial charge in [0.15, 0.2) is 0 Å². The van der Waals surface area contributed by atoms with E-state index >= 15 is 0 Å². The van der Waals surface area contributed by atoms with Crippen molar-refractivity contribution in [2.45, 2.75) is 46.2 Å². The summed E-state index contributed by atoms with van der Waals surface area (Å²) in [5.41, 5.74) is 1.82. The molecule has 1 aliphatic heterocycles. The Bertz CT molecular complexity index is 454. The number of rotatable bonds is 4. The molecule has 0 radical (unpaired) electrons. The number of halogens is 1. The number of hydrogen-bond donors (Lipinski definition) is 1. The van der Waals surface area contributed by atoms with Crippen molar-refractivity contribution in [1.82, 2.24) is 4.90 Å². The molecular weight excluding hydrogens is 227 g/mol. The Morgan fingerprint density at radius 1 is 1.28 bits per heavy atom. The molecule has 1 heterocycles. The average Bonchev–Trinajstić information content (AvgIpc) is 2.64. The molecule has 1 aliphatic rings. The van der Waals surface area contributed by atoms with E-state index in [0.717, 1.165) is 30.5 Å². The Balaban J connectivity index is 2.09. The summed E-state index contributed by atoms with van der Waals surface area (Å²) < 4.78 is 13.2. The lowest BCUT2D eigenvalue weighted by molar-refractivity contribution is 0.301. The van der Waals surface area contributed by atoms with Crippen LogP contribution in [0.15, 0.2) is 18.2 Å². The van der Waals surface area contributed by atoms with Crippen molar-refractivity contribution in [1.29, 1.82) is 5.41 Å². The lowest BCUT2D eigenvalue weighted by Gasteiger charge is -2.26. The molecule has 1 unspecified atom stereocenters. The smallest absolute Gasteiger partial charge is 0.129 e. The fraction of sp³-hybridized carbons (Fsp3) is 0.533. The summed E-state index contributed by atoms with van der Waals surface area (Å²) in [5, 5.41) is 8.16. The van der Waals surface area contributed by atoms with Gasteiger partial charge in [0.25, 0.3) is 0 Å². The van der Waals surface area contributed by atoms with Crippen LogP contribution in [0.25, 0.3) is 0 Å². The van der Waals surface area contributed by atoms with Crippen LogP contribution >= 0.6 is 0 Å². The molecule has 0 saturated heterocycles. The molecule has 0 bridgehead atoms. The van der Waals surface area contributed by atoms with Crippen LogP contribution in [0.5, 0.6) is 0 Å². The third-order valence-electron chi connectivity index (χ3n) is 3.65. The van der Waals surface area contributed by atoms with Crippen LogP contribution in [0.1, 0.15) is 44.7 Å². The molecule has 1 aromatic rings. The summed E-state index contributed by atoms with van der Waals surface area (Å²) in [6, 6.07) is 5.10. The van der Waals surface area contributed by atoms with Gasteiger partial charge in [0.1, 0.15) is 11.7 Å². The molecule has 3 heteroatoms. The highest BCUT2D eigenvalue weighted by atomic mass is 19.1. The Kier molecular flexibility index (Phi) is 3.69. The molecule has 0 spiro atoms. The van der Waals surface area contributed by atoms with Crippen molar-refractivity contribution in [3.63, 3.8) is 0 Å². The van der Waals surface area contributed by atoms with E-state index in [1.54, 1.807) is 6.07 Å². The van der Waals surface area contributed by atoms with Gasteiger partial charge in [0.05, 0.1) is 0 Å². The van der Waals surface area contributed by atoms with Crippen molar-refractivity contribution in [2.24, 2.45) is 5.92 Å². The zero-order valence-corrected chi connectivity index (χ0v) is 11.3. The fourth-order valence-corrected chi connectivity index (χ4v) is 2.43. The van der Waals surface area contributed by atoms with Crippen molar-refractivity contribution >= 4 is 5.84 Å². The highest BCUT2D eigenvalue weighted by Gasteiger charge is 2.27. The maximum atomic E-state index is 13.2. The lowest BCUT2D eigenvalue weighted by Crippen LogP contribution is -2.33. The van der Waals surface area contributed by atoms with E-state index in [1.807, 2.05) is 0 Å². The second kappa shape index (κ2) is 5.09. The van der Waals surface area contributed by atoms with Gasteiger partial charge >= 0.3 is 0 Å². The summed E-state index contributed by atoms with van der Waals surface area (Å²) >= 11 is 0. The molecule has 2 nitrogen and oxygen atoms in total. The van der Waals surface area contributed by atoms with Crippen LogP contribution < -0.4 is 0 Å². The van der Waals surface area contributed by atoms with E-state index in [2.05, 4.69) is 25.7 Å². The van der Waals surface area contributed by atoms with Gasteiger partial charge in [-0.1, -0.05) is 19.9 Å². The zero-order chi connectivity index (χ0) is 13.3. The van der Waals surface area contributed by atoms with Gasteiger partial charge in [-0.05, 0) is 43.4 Å². The molecular formula is C15H21FN2. The number of nitrogens with one attached hydrogen (secondary N) is 1. The van der Waals surface area contributed by atoms with Crippen LogP contribution in [0.4, 0.5) is 4.39 Å². The predicted octanol–water partition coefficient (Wildman–Crippen LogP) is 3.79. The van der Waals surface area contributed by atoms with Crippen LogP contribution in [-0.4, -0.2) is 16.8 Å². The minimum Gasteiger partial charge on any atom is -0.350 e. The molecule has 1 atom stereocenters. The van der Waals surface area contributed by atoms with Crippen LogP contribution in [-0.2, 0) is 6.54 Å². The third kappa shape index (κ3) is 2.55.